The predicted octanol–water partition coefficient (Wildman–Crippen LogP) is 4.66. The summed E-state index contributed by atoms with van der Waals surface area (Å²) in [6, 6.07) is 15.4. The van der Waals surface area contributed by atoms with E-state index >= 15 is 0 Å². The number of thiazole rings is 1. The molecule has 1 fully saturated rings. The van der Waals surface area contributed by atoms with Gasteiger partial charge in [-0.2, -0.15) is 0 Å². The largest absolute Gasteiger partial charge is 0.342 e. The van der Waals surface area contributed by atoms with E-state index in [9.17, 15) is 9.59 Å². The molecule has 0 aliphatic carbocycles. The van der Waals surface area contributed by atoms with Crippen LogP contribution in [0.15, 0.2) is 58.9 Å². The van der Waals surface area contributed by atoms with E-state index in [1.165, 1.54) is 17.8 Å². The van der Waals surface area contributed by atoms with Gasteiger partial charge in [0.25, 0.3) is 0 Å². The number of anilines is 1. The van der Waals surface area contributed by atoms with Crippen LogP contribution in [0.4, 0.5) is 5.69 Å². The van der Waals surface area contributed by atoms with Crippen LogP contribution in [0.5, 0.6) is 0 Å². The SMILES string of the molecule is O=C(C=Cc1ccccc1)Nc1ccc2nc(SCC(=O)N3CCCC3)sc2c1. The van der Waals surface area contributed by atoms with Crippen LogP contribution in [-0.4, -0.2) is 40.5 Å². The predicted molar refractivity (Wildman–Crippen MR) is 120 cm³/mol. The van der Waals surface area contributed by atoms with Gasteiger partial charge in [0, 0.05) is 24.9 Å². The maximum Gasteiger partial charge on any atom is 0.248 e. The summed E-state index contributed by atoms with van der Waals surface area (Å²) in [7, 11) is 0. The number of nitrogens with zero attached hydrogens (tertiary/aromatic N) is 2. The van der Waals surface area contributed by atoms with E-state index in [4.69, 9.17) is 0 Å². The lowest BCUT2D eigenvalue weighted by atomic mass is 10.2. The van der Waals surface area contributed by atoms with E-state index in [1.54, 1.807) is 17.4 Å². The first-order chi connectivity index (χ1) is 14.2. The summed E-state index contributed by atoms with van der Waals surface area (Å²) in [6.45, 7) is 1.75. The Morgan fingerprint density at radius 2 is 1.93 bits per heavy atom. The Morgan fingerprint density at radius 1 is 1.14 bits per heavy atom. The van der Waals surface area contributed by atoms with Gasteiger partial charge in [-0.3, -0.25) is 9.59 Å². The molecule has 4 rings (SSSR count). The van der Waals surface area contributed by atoms with E-state index in [0.29, 0.717) is 5.75 Å². The van der Waals surface area contributed by atoms with Gasteiger partial charge in [-0.1, -0.05) is 42.1 Å². The van der Waals surface area contributed by atoms with Gasteiger partial charge in [0.15, 0.2) is 4.34 Å². The molecule has 2 heterocycles. The average Bonchev–Trinajstić information content (AvgIpc) is 3.41. The van der Waals surface area contributed by atoms with Crippen molar-refractivity contribution in [3.63, 3.8) is 0 Å². The molecule has 2 amide bonds. The molecule has 7 heteroatoms. The Hall–Kier alpha value is -2.64. The number of hydrogen-bond donors (Lipinski definition) is 1. The van der Waals surface area contributed by atoms with E-state index < -0.39 is 0 Å². The van der Waals surface area contributed by atoms with Crippen molar-refractivity contribution in [1.82, 2.24) is 9.88 Å². The molecule has 2 aromatic carbocycles. The topological polar surface area (TPSA) is 62.3 Å². The quantitative estimate of drug-likeness (QED) is 0.463. The lowest BCUT2D eigenvalue weighted by Crippen LogP contribution is -2.29. The van der Waals surface area contributed by atoms with Gasteiger partial charge in [-0.25, -0.2) is 4.98 Å². The Bertz CT molecular complexity index is 1040. The van der Waals surface area contributed by atoms with Crippen molar-refractivity contribution in [1.29, 1.82) is 0 Å². The molecule has 1 aliphatic rings. The number of nitrogens with one attached hydrogen (secondary N) is 1. The zero-order chi connectivity index (χ0) is 20.1. The van der Waals surface area contributed by atoms with Crippen LogP contribution in [0.1, 0.15) is 18.4 Å². The summed E-state index contributed by atoms with van der Waals surface area (Å²) in [5.41, 5.74) is 2.59. The lowest BCUT2D eigenvalue weighted by Gasteiger charge is -2.13. The maximum atomic E-state index is 12.2. The molecule has 5 nitrogen and oxygen atoms in total. The molecule has 0 radical (unpaired) electrons. The minimum atomic E-state index is -0.177. The monoisotopic (exact) mass is 423 g/mol. The van der Waals surface area contributed by atoms with E-state index in [0.717, 1.165) is 51.7 Å². The fourth-order valence-corrected chi connectivity index (χ4v) is 5.15. The number of likely N-dealkylation sites (tertiary alicyclic amines) is 1. The van der Waals surface area contributed by atoms with Gasteiger partial charge in [0.05, 0.1) is 16.0 Å². The van der Waals surface area contributed by atoms with Crippen LogP contribution in [0.25, 0.3) is 16.3 Å². The highest BCUT2D eigenvalue weighted by atomic mass is 32.2. The van der Waals surface area contributed by atoms with Crippen molar-refractivity contribution in [3.05, 3.63) is 60.2 Å². The second kappa shape index (κ2) is 9.24. The Morgan fingerprint density at radius 3 is 2.72 bits per heavy atom. The Kier molecular flexibility index (Phi) is 6.27. The Balaban J connectivity index is 1.37. The first-order valence-electron chi connectivity index (χ1n) is 9.53. The molecule has 0 unspecified atom stereocenters. The fourth-order valence-electron chi connectivity index (χ4n) is 3.14. The third-order valence-corrected chi connectivity index (χ3v) is 6.79. The second-order valence-corrected chi connectivity index (χ2v) is 9.03. The molecule has 0 bridgehead atoms. The number of fused-ring (bicyclic) bond motifs is 1. The molecule has 1 aliphatic heterocycles. The highest BCUT2D eigenvalue weighted by Crippen LogP contribution is 2.31. The van der Waals surface area contributed by atoms with Crippen molar-refractivity contribution < 1.29 is 9.59 Å². The van der Waals surface area contributed by atoms with Crippen LogP contribution >= 0.6 is 23.1 Å². The summed E-state index contributed by atoms with van der Waals surface area (Å²) >= 11 is 3.03. The van der Waals surface area contributed by atoms with Gasteiger partial charge >= 0.3 is 0 Å². The van der Waals surface area contributed by atoms with Crippen molar-refractivity contribution >= 4 is 56.9 Å². The van der Waals surface area contributed by atoms with Crippen LogP contribution in [-0.2, 0) is 9.59 Å². The molecule has 0 atom stereocenters. The van der Waals surface area contributed by atoms with Gasteiger partial charge in [0.2, 0.25) is 11.8 Å². The molecule has 1 N–H and O–H groups in total. The van der Waals surface area contributed by atoms with Gasteiger partial charge in [-0.05, 0) is 42.7 Å². The number of amides is 2. The molecule has 29 heavy (non-hydrogen) atoms. The van der Waals surface area contributed by atoms with Crippen molar-refractivity contribution in [2.24, 2.45) is 0 Å². The third-order valence-electron chi connectivity index (χ3n) is 4.64. The molecule has 0 saturated carbocycles. The highest BCUT2D eigenvalue weighted by Gasteiger charge is 2.18. The summed E-state index contributed by atoms with van der Waals surface area (Å²) in [5.74, 6) is 0.432. The number of carbonyl (C=O) groups is 2. The summed E-state index contributed by atoms with van der Waals surface area (Å²) in [4.78, 5) is 30.9. The van der Waals surface area contributed by atoms with Crippen molar-refractivity contribution in [2.45, 2.75) is 17.2 Å². The summed E-state index contributed by atoms with van der Waals surface area (Å²) < 4.78 is 1.87. The number of rotatable bonds is 6. The maximum absolute atomic E-state index is 12.2. The first kappa shape index (κ1) is 19.7. The number of carbonyl (C=O) groups excluding carboxylic acids is 2. The van der Waals surface area contributed by atoms with Crippen LogP contribution < -0.4 is 5.32 Å². The molecule has 3 aromatic rings. The molecule has 1 aromatic heterocycles. The zero-order valence-electron chi connectivity index (χ0n) is 15.8. The normalized spacial score (nSPS) is 14.0. The minimum Gasteiger partial charge on any atom is -0.342 e. The number of thioether (sulfide) groups is 1. The standard InChI is InChI=1S/C22H21N3O2S2/c26-20(11-8-16-6-2-1-3-7-16)23-17-9-10-18-19(14-17)29-22(24-18)28-15-21(27)25-12-4-5-13-25/h1-3,6-11,14H,4-5,12-13,15H2,(H,23,26). The van der Waals surface area contributed by atoms with Crippen LogP contribution in [0, 0.1) is 0 Å². The van der Waals surface area contributed by atoms with Gasteiger partial charge in [-0.15, -0.1) is 11.3 Å². The third kappa shape index (κ3) is 5.25. The van der Waals surface area contributed by atoms with Crippen LogP contribution in [0.3, 0.4) is 0 Å². The second-order valence-electron chi connectivity index (χ2n) is 6.77. The number of hydrogen-bond acceptors (Lipinski definition) is 5. The summed E-state index contributed by atoms with van der Waals surface area (Å²) in [5, 5.41) is 2.89. The molecular formula is C22H21N3O2S2. The van der Waals surface area contributed by atoms with Crippen molar-refractivity contribution in [3.8, 4) is 0 Å². The number of benzene rings is 2. The fraction of sp³-hybridized carbons (Fsp3) is 0.227. The van der Waals surface area contributed by atoms with Gasteiger partial charge in [0.1, 0.15) is 0 Å². The van der Waals surface area contributed by atoms with E-state index in [2.05, 4.69) is 10.3 Å². The summed E-state index contributed by atoms with van der Waals surface area (Å²) in [6.07, 6.45) is 5.52. The minimum absolute atomic E-state index is 0.177. The lowest BCUT2D eigenvalue weighted by molar-refractivity contribution is -0.127. The zero-order valence-corrected chi connectivity index (χ0v) is 17.5. The highest BCUT2D eigenvalue weighted by molar-refractivity contribution is 8.01. The van der Waals surface area contributed by atoms with E-state index in [1.807, 2.05) is 53.4 Å². The van der Waals surface area contributed by atoms with Crippen molar-refractivity contribution in [2.75, 3.05) is 24.2 Å². The smallest absolute Gasteiger partial charge is 0.248 e. The van der Waals surface area contributed by atoms with Gasteiger partial charge < -0.3 is 10.2 Å². The number of aromatic nitrogens is 1. The average molecular weight is 424 g/mol. The molecule has 0 spiro atoms. The molecular weight excluding hydrogens is 402 g/mol. The molecule has 1 saturated heterocycles. The van der Waals surface area contributed by atoms with Crippen LogP contribution in [0.2, 0.25) is 0 Å². The Labute approximate surface area is 177 Å². The molecule has 148 valence electrons. The van der Waals surface area contributed by atoms with E-state index in [-0.39, 0.29) is 11.8 Å². The first-order valence-corrected chi connectivity index (χ1v) is 11.3.